The summed E-state index contributed by atoms with van der Waals surface area (Å²) in [6.45, 7) is 4.22. The maximum Gasteiger partial charge on any atom is 0.263 e. The van der Waals surface area contributed by atoms with Crippen molar-refractivity contribution in [3.63, 3.8) is 0 Å². The molecule has 148 valence electrons. The maximum absolute atomic E-state index is 13.5. The zero-order chi connectivity index (χ0) is 19.8. The third-order valence-electron chi connectivity index (χ3n) is 5.40. The van der Waals surface area contributed by atoms with Gasteiger partial charge in [0.15, 0.2) is 0 Å². The van der Waals surface area contributed by atoms with Gasteiger partial charge in [0.25, 0.3) is 5.91 Å². The summed E-state index contributed by atoms with van der Waals surface area (Å²) < 4.78 is 4.86. The van der Waals surface area contributed by atoms with Gasteiger partial charge in [0, 0.05) is 43.1 Å². The number of hydrogen-bond acceptors (Lipinski definition) is 8. The molecule has 0 spiro atoms. The van der Waals surface area contributed by atoms with E-state index in [2.05, 4.69) is 30.3 Å². The van der Waals surface area contributed by atoms with Crippen molar-refractivity contribution in [2.45, 2.75) is 25.8 Å². The number of fused-ring (bicyclic) bond motifs is 3. The topological polar surface area (TPSA) is 100 Å². The number of carbonyl (C=O) groups excluding carboxylic acids is 1. The summed E-state index contributed by atoms with van der Waals surface area (Å²) >= 11 is 0. The van der Waals surface area contributed by atoms with E-state index in [1.54, 1.807) is 6.20 Å². The number of benzene rings is 1. The Hall–Kier alpha value is -3.49. The average molecular weight is 391 g/mol. The number of amides is 1. The van der Waals surface area contributed by atoms with Gasteiger partial charge in [0.05, 0.1) is 0 Å². The predicted molar refractivity (Wildman–Crippen MR) is 108 cm³/mol. The molecule has 1 saturated heterocycles. The van der Waals surface area contributed by atoms with Gasteiger partial charge in [-0.1, -0.05) is 17.3 Å². The molecule has 2 aliphatic rings. The molecule has 1 N–H and O–H groups in total. The lowest BCUT2D eigenvalue weighted by Gasteiger charge is -2.27. The highest BCUT2D eigenvalue weighted by Gasteiger charge is 2.37. The second-order valence-electron chi connectivity index (χ2n) is 7.17. The van der Waals surface area contributed by atoms with Crippen LogP contribution in [0.4, 0.5) is 17.5 Å². The summed E-state index contributed by atoms with van der Waals surface area (Å²) in [5.74, 6) is 1.68. The van der Waals surface area contributed by atoms with Crippen molar-refractivity contribution in [2.24, 2.45) is 0 Å². The van der Waals surface area contributed by atoms with Gasteiger partial charge >= 0.3 is 0 Å². The van der Waals surface area contributed by atoms with E-state index in [9.17, 15) is 4.79 Å². The van der Waals surface area contributed by atoms with Gasteiger partial charge in [-0.05, 0) is 31.9 Å². The van der Waals surface area contributed by atoms with Gasteiger partial charge in [0.2, 0.25) is 18.2 Å². The Morgan fingerprint density at radius 2 is 2.24 bits per heavy atom. The van der Waals surface area contributed by atoms with Gasteiger partial charge < -0.3 is 19.6 Å². The molecule has 1 fully saturated rings. The second kappa shape index (κ2) is 7.16. The van der Waals surface area contributed by atoms with Crippen LogP contribution in [0.15, 0.2) is 41.4 Å². The molecule has 2 aliphatic heterocycles. The van der Waals surface area contributed by atoms with Crippen LogP contribution in [0.3, 0.4) is 0 Å². The Morgan fingerprint density at radius 1 is 1.31 bits per heavy atom. The fraction of sp³-hybridized carbons (Fsp3) is 0.350. The number of nitrogens with one attached hydrogen (secondary N) is 1. The largest absolute Gasteiger partial charge is 0.354 e. The van der Waals surface area contributed by atoms with Crippen molar-refractivity contribution in [2.75, 3.05) is 34.8 Å². The van der Waals surface area contributed by atoms with Gasteiger partial charge in [-0.2, -0.15) is 9.97 Å². The monoisotopic (exact) mass is 391 g/mol. The molecule has 4 heterocycles. The van der Waals surface area contributed by atoms with E-state index < -0.39 is 0 Å². The number of aromatic nitrogens is 4. The van der Waals surface area contributed by atoms with Gasteiger partial charge in [-0.25, -0.2) is 4.98 Å². The molecular weight excluding hydrogens is 370 g/mol. The van der Waals surface area contributed by atoms with Gasteiger partial charge in [0.1, 0.15) is 11.4 Å². The summed E-state index contributed by atoms with van der Waals surface area (Å²) in [5.41, 5.74) is 2.13. The van der Waals surface area contributed by atoms with Gasteiger partial charge in [-0.3, -0.25) is 4.79 Å². The van der Waals surface area contributed by atoms with Crippen LogP contribution in [-0.4, -0.2) is 51.7 Å². The minimum atomic E-state index is -0.0947. The molecule has 1 aromatic carbocycles. The normalized spacial score (nSPS) is 18.4. The Bertz CT molecular complexity index is 1040. The third-order valence-corrected chi connectivity index (χ3v) is 5.40. The fourth-order valence-electron chi connectivity index (χ4n) is 4.06. The first-order valence-corrected chi connectivity index (χ1v) is 9.81. The number of rotatable bonds is 4. The zero-order valence-corrected chi connectivity index (χ0v) is 16.1. The van der Waals surface area contributed by atoms with Crippen molar-refractivity contribution in [1.82, 2.24) is 20.1 Å². The molecular formula is C20H21N7O2. The van der Waals surface area contributed by atoms with Crippen molar-refractivity contribution >= 4 is 23.4 Å². The first-order chi connectivity index (χ1) is 14.2. The van der Waals surface area contributed by atoms with Crippen molar-refractivity contribution in [3.05, 3.63) is 42.4 Å². The highest BCUT2D eigenvalue weighted by Crippen LogP contribution is 2.34. The maximum atomic E-state index is 13.5. The minimum absolute atomic E-state index is 0.0947. The van der Waals surface area contributed by atoms with E-state index in [0.29, 0.717) is 23.9 Å². The summed E-state index contributed by atoms with van der Waals surface area (Å²) in [6.07, 6.45) is 5.04. The minimum Gasteiger partial charge on any atom is -0.354 e. The number of hydrogen-bond donors (Lipinski definition) is 1. The molecule has 9 heteroatoms. The lowest BCUT2D eigenvalue weighted by Crippen LogP contribution is -2.39. The van der Waals surface area contributed by atoms with E-state index >= 15 is 0 Å². The molecule has 0 bridgehead atoms. The van der Waals surface area contributed by atoms with Crippen molar-refractivity contribution < 1.29 is 9.32 Å². The first kappa shape index (κ1) is 17.6. The van der Waals surface area contributed by atoms with Gasteiger partial charge in [-0.15, -0.1) is 0 Å². The van der Waals surface area contributed by atoms with E-state index in [-0.39, 0.29) is 11.9 Å². The van der Waals surface area contributed by atoms with Crippen LogP contribution >= 0.6 is 0 Å². The quantitative estimate of drug-likeness (QED) is 0.724. The molecule has 5 rings (SSSR count). The molecule has 3 aromatic rings. The molecule has 0 radical (unpaired) electrons. The smallest absolute Gasteiger partial charge is 0.263 e. The van der Waals surface area contributed by atoms with E-state index in [1.165, 1.54) is 6.39 Å². The highest BCUT2D eigenvalue weighted by molar-refractivity contribution is 6.10. The Kier molecular flexibility index (Phi) is 4.34. The lowest BCUT2D eigenvalue weighted by atomic mass is 10.1. The van der Waals surface area contributed by atoms with E-state index in [1.807, 2.05) is 36.1 Å². The molecule has 0 saturated carbocycles. The fourth-order valence-corrected chi connectivity index (χ4v) is 4.06. The van der Waals surface area contributed by atoms with Crippen LogP contribution in [0.1, 0.15) is 30.1 Å². The summed E-state index contributed by atoms with van der Waals surface area (Å²) in [6, 6.07) is 7.87. The van der Waals surface area contributed by atoms with E-state index in [0.717, 1.165) is 43.0 Å². The number of carbonyl (C=O) groups is 1. The van der Waals surface area contributed by atoms with Crippen LogP contribution in [0.25, 0.3) is 11.4 Å². The molecule has 0 aliphatic carbocycles. The third kappa shape index (κ3) is 3.08. The van der Waals surface area contributed by atoms with Crippen molar-refractivity contribution in [1.29, 1.82) is 0 Å². The highest BCUT2D eigenvalue weighted by atomic mass is 16.5. The second-order valence-corrected chi connectivity index (χ2v) is 7.17. The van der Waals surface area contributed by atoms with Crippen LogP contribution in [0, 0.1) is 0 Å². The van der Waals surface area contributed by atoms with Crippen LogP contribution in [0.2, 0.25) is 0 Å². The van der Waals surface area contributed by atoms with Crippen LogP contribution in [0.5, 0.6) is 0 Å². The van der Waals surface area contributed by atoms with E-state index in [4.69, 9.17) is 4.52 Å². The standard InChI is InChI=1S/C20H21N7O2/c1-2-21-20-22-10-16-18(24-20)26-8-4-7-15(26)11-27(19(16)28)14-6-3-5-13(9-14)17-23-12-29-25-17/h3,5-6,9-10,12,15H,2,4,7-8,11H2,1H3,(H,21,22,24)/t15-/m0/s1. The number of anilines is 3. The zero-order valence-electron chi connectivity index (χ0n) is 16.1. The lowest BCUT2D eigenvalue weighted by molar-refractivity contribution is 0.0988. The van der Waals surface area contributed by atoms with Crippen LogP contribution in [-0.2, 0) is 0 Å². The summed E-state index contributed by atoms with van der Waals surface area (Å²) in [4.78, 5) is 30.7. The van der Waals surface area contributed by atoms with Crippen LogP contribution < -0.4 is 15.1 Å². The molecule has 1 atom stereocenters. The average Bonchev–Trinajstić information content (AvgIpc) is 3.42. The van der Waals surface area contributed by atoms with Crippen molar-refractivity contribution in [3.8, 4) is 11.4 Å². The Labute approximate surface area is 167 Å². The summed E-state index contributed by atoms with van der Waals surface area (Å²) in [5, 5.41) is 7.04. The Balaban J connectivity index is 1.57. The number of nitrogens with zero attached hydrogens (tertiary/aromatic N) is 6. The molecule has 9 nitrogen and oxygen atoms in total. The molecule has 1 amide bonds. The molecule has 2 aromatic heterocycles. The Morgan fingerprint density at radius 3 is 3.07 bits per heavy atom. The first-order valence-electron chi connectivity index (χ1n) is 9.81. The molecule has 29 heavy (non-hydrogen) atoms. The predicted octanol–water partition coefficient (Wildman–Crippen LogP) is 2.59. The SMILES string of the molecule is CCNc1ncc2c(n1)N1CCC[C@H]1CN(c1cccc(-c3ncon3)c1)C2=O. The summed E-state index contributed by atoms with van der Waals surface area (Å²) in [7, 11) is 0. The molecule has 0 unspecified atom stereocenters.